The number of nitrogens with one attached hydrogen (secondary N) is 1. The van der Waals surface area contributed by atoms with Crippen LogP contribution >= 0.6 is 0 Å². The number of aromatic nitrogens is 3. The van der Waals surface area contributed by atoms with E-state index < -0.39 is 0 Å². The van der Waals surface area contributed by atoms with Gasteiger partial charge in [0.1, 0.15) is 0 Å². The Morgan fingerprint density at radius 3 is 2.88 bits per heavy atom. The van der Waals surface area contributed by atoms with E-state index in [1.54, 1.807) is 17.1 Å². The molecule has 94 valence electrons. The molecule has 0 aromatic carbocycles. The molecule has 1 saturated heterocycles. The largest absolute Gasteiger partial charge is 0.336 e. The van der Waals surface area contributed by atoms with Crippen molar-refractivity contribution in [3.05, 3.63) is 12.4 Å². The molecule has 2 rings (SSSR count). The number of piperidine rings is 1. The van der Waals surface area contributed by atoms with Crippen molar-refractivity contribution >= 4 is 6.03 Å². The Hall–Kier alpha value is -1.59. The van der Waals surface area contributed by atoms with Crippen LogP contribution in [0.1, 0.15) is 19.8 Å². The number of likely N-dealkylation sites (tertiary alicyclic amines) is 1. The van der Waals surface area contributed by atoms with Gasteiger partial charge in [0.05, 0.1) is 12.7 Å². The standard InChI is InChI=1S/C11H19N5O/c1-10-2-6-15(7-3-10)11(17)12-4-8-16-9-5-13-14-16/h5,9-10H,2-4,6-8H2,1H3,(H,12,17). The van der Waals surface area contributed by atoms with Gasteiger partial charge in [-0.1, -0.05) is 12.1 Å². The summed E-state index contributed by atoms with van der Waals surface area (Å²) in [6.07, 6.45) is 5.63. The minimum atomic E-state index is 0.0389. The van der Waals surface area contributed by atoms with E-state index in [9.17, 15) is 4.79 Å². The molecule has 0 unspecified atom stereocenters. The molecule has 1 N–H and O–H groups in total. The lowest BCUT2D eigenvalue weighted by Gasteiger charge is -2.30. The van der Waals surface area contributed by atoms with Gasteiger partial charge in [-0.05, 0) is 18.8 Å². The second kappa shape index (κ2) is 5.65. The number of amides is 2. The number of carbonyl (C=O) groups excluding carboxylic acids is 1. The van der Waals surface area contributed by atoms with Crippen molar-refractivity contribution < 1.29 is 4.79 Å². The second-order valence-corrected chi connectivity index (χ2v) is 4.57. The van der Waals surface area contributed by atoms with Crippen molar-refractivity contribution in [2.75, 3.05) is 19.6 Å². The molecule has 0 bridgehead atoms. The molecule has 1 aromatic heterocycles. The number of hydrogen-bond acceptors (Lipinski definition) is 3. The predicted octanol–water partition coefficient (Wildman–Crippen LogP) is 0.720. The molecule has 0 radical (unpaired) electrons. The maximum Gasteiger partial charge on any atom is 0.317 e. The van der Waals surface area contributed by atoms with Gasteiger partial charge in [-0.2, -0.15) is 0 Å². The van der Waals surface area contributed by atoms with Crippen molar-refractivity contribution in [2.24, 2.45) is 5.92 Å². The highest BCUT2D eigenvalue weighted by atomic mass is 16.2. The van der Waals surface area contributed by atoms with Gasteiger partial charge in [0.2, 0.25) is 0 Å². The highest BCUT2D eigenvalue weighted by molar-refractivity contribution is 5.74. The first-order valence-corrected chi connectivity index (χ1v) is 6.12. The number of urea groups is 1. The Bertz CT molecular complexity index is 343. The first kappa shape index (κ1) is 11.9. The fourth-order valence-electron chi connectivity index (χ4n) is 1.95. The molecule has 6 nitrogen and oxygen atoms in total. The topological polar surface area (TPSA) is 63.1 Å². The number of hydrogen-bond donors (Lipinski definition) is 1. The van der Waals surface area contributed by atoms with E-state index in [2.05, 4.69) is 22.6 Å². The van der Waals surface area contributed by atoms with Crippen LogP contribution in [-0.2, 0) is 6.54 Å². The summed E-state index contributed by atoms with van der Waals surface area (Å²) in [5.74, 6) is 0.745. The summed E-state index contributed by atoms with van der Waals surface area (Å²) in [6, 6.07) is 0.0389. The molecular weight excluding hydrogens is 218 g/mol. The van der Waals surface area contributed by atoms with Crippen LogP contribution in [0, 0.1) is 5.92 Å². The third-order valence-electron chi connectivity index (χ3n) is 3.16. The fraction of sp³-hybridized carbons (Fsp3) is 0.727. The van der Waals surface area contributed by atoms with E-state index >= 15 is 0 Å². The fourth-order valence-corrected chi connectivity index (χ4v) is 1.95. The Balaban J connectivity index is 1.67. The lowest BCUT2D eigenvalue weighted by Crippen LogP contribution is -2.44. The van der Waals surface area contributed by atoms with Crippen LogP contribution in [0.15, 0.2) is 12.4 Å². The lowest BCUT2D eigenvalue weighted by molar-refractivity contribution is 0.173. The quantitative estimate of drug-likeness (QED) is 0.842. The second-order valence-electron chi connectivity index (χ2n) is 4.57. The number of nitrogens with zero attached hydrogens (tertiary/aromatic N) is 4. The molecule has 2 amide bonds. The van der Waals surface area contributed by atoms with Crippen molar-refractivity contribution in [3.63, 3.8) is 0 Å². The van der Waals surface area contributed by atoms with Gasteiger partial charge >= 0.3 is 6.03 Å². The maximum absolute atomic E-state index is 11.8. The van der Waals surface area contributed by atoms with Crippen molar-refractivity contribution in [3.8, 4) is 0 Å². The molecule has 0 aliphatic carbocycles. The molecular formula is C11H19N5O. The smallest absolute Gasteiger partial charge is 0.317 e. The van der Waals surface area contributed by atoms with E-state index in [0.717, 1.165) is 31.8 Å². The first-order valence-electron chi connectivity index (χ1n) is 6.12. The Kier molecular flexibility index (Phi) is 3.95. The average molecular weight is 237 g/mol. The van der Waals surface area contributed by atoms with E-state index in [0.29, 0.717) is 13.1 Å². The maximum atomic E-state index is 11.8. The Labute approximate surface area is 101 Å². The summed E-state index contributed by atoms with van der Waals surface area (Å²) in [7, 11) is 0. The van der Waals surface area contributed by atoms with Crippen molar-refractivity contribution in [2.45, 2.75) is 26.3 Å². The molecule has 6 heteroatoms. The average Bonchev–Trinajstić information content (AvgIpc) is 2.83. The molecule has 2 heterocycles. The zero-order valence-corrected chi connectivity index (χ0v) is 10.2. The Morgan fingerprint density at radius 1 is 1.47 bits per heavy atom. The van der Waals surface area contributed by atoms with Gasteiger partial charge in [-0.25, -0.2) is 4.79 Å². The van der Waals surface area contributed by atoms with E-state index in [1.165, 1.54) is 0 Å². The van der Waals surface area contributed by atoms with Gasteiger partial charge < -0.3 is 10.2 Å². The van der Waals surface area contributed by atoms with Crippen LogP contribution in [-0.4, -0.2) is 45.6 Å². The molecule has 1 aromatic rings. The highest BCUT2D eigenvalue weighted by Gasteiger charge is 2.19. The van der Waals surface area contributed by atoms with Crippen molar-refractivity contribution in [1.29, 1.82) is 0 Å². The van der Waals surface area contributed by atoms with Crippen LogP contribution < -0.4 is 5.32 Å². The minimum Gasteiger partial charge on any atom is -0.336 e. The molecule has 1 aliphatic rings. The summed E-state index contributed by atoms with van der Waals surface area (Å²) in [5, 5.41) is 10.4. The summed E-state index contributed by atoms with van der Waals surface area (Å²) in [4.78, 5) is 13.7. The SMILES string of the molecule is CC1CCN(C(=O)NCCn2ccnn2)CC1. The third-order valence-corrected chi connectivity index (χ3v) is 3.16. The van der Waals surface area contributed by atoms with Crippen molar-refractivity contribution in [1.82, 2.24) is 25.2 Å². The third kappa shape index (κ3) is 3.44. The van der Waals surface area contributed by atoms with Crippen LogP contribution in [0.3, 0.4) is 0 Å². The first-order chi connectivity index (χ1) is 8.25. The van der Waals surface area contributed by atoms with Crippen LogP contribution in [0.4, 0.5) is 4.79 Å². The molecule has 1 aliphatic heterocycles. The monoisotopic (exact) mass is 237 g/mol. The van der Waals surface area contributed by atoms with Gasteiger partial charge in [0.15, 0.2) is 0 Å². The van der Waals surface area contributed by atoms with Crippen LogP contribution in [0.2, 0.25) is 0 Å². The summed E-state index contributed by atoms with van der Waals surface area (Å²) >= 11 is 0. The highest BCUT2D eigenvalue weighted by Crippen LogP contribution is 2.15. The van der Waals surface area contributed by atoms with Gasteiger partial charge in [-0.15, -0.1) is 5.10 Å². The summed E-state index contributed by atoms with van der Waals surface area (Å²) < 4.78 is 1.71. The van der Waals surface area contributed by atoms with E-state index in [4.69, 9.17) is 0 Å². The summed E-state index contributed by atoms with van der Waals surface area (Å²) in [6.45, 7) is 5.23. The normalized spacial score (nSPS) is 17.1. The van der Waals surface area contributed by atoms with E-state index in [1.807, 2.05) is 4.90 Å². The molecule has 0 saturated carbocycles. The van der Waals surface area contributed by atoms with Gasteiger partial charge in [0, 0.05) is 25.8 Å². The molecule has 1 fully saturated rings. The minimum absolute atomic E-state index is 0.0389. The molecule has 0 atom stereocenters. The Morgan fingerprint density at radius 2 is 2.24 bits per heavy atom. The van der Waals surface area contributed by atoms with Crippen LogP contribution in [0.5, 0.6) is 0 Å². The zero-order valence-electron chi connectivity index (χ0n) is 10.2. The predicted molar refractivity (Wildman–Crippen MR) is 63.4 cm³/mol. The van der Waals surface area contributed by atoms with Gasteiger partial charge in [-0.3, -0.25) is 4.68 Å². The molecule has 17 heavy (non-hydrogen) atoms. The summed E-state index contributed by atoms with van der Waals surface area (Å²) in [5.41, 5.74) is 0. The van der Waals surface area contributed by atoms with Crippen LogP contribution in [0.25, 0.3) is 0 Å². The number of rotatable bonds is 3. The number of carbonyl (C=O) groups is 1. The zero-order chi connectivity index (χ0) is 12.1. The van der Waals surface area contributed by atoms with Gasteiger partial charge in [0.25, 0.3) is 0 Å². The van der Waals surface area contributed by atoms with E-state index in [-0.39, 0.29) is 6.03 Å². The lowest BCUT2D eigenvalue weighted by atomic mass is 10.00. The molecule has 0 spiro atoms.